The summed E-state index contributed by atoms with van der Waals surface area (Å²) < 4.78 is 1.16. The molecule has 104 valence electrons. The molecule has 1 atom stereocenters. The Morgan fingerprint density at radius 1 is 1.15 bits per heavy atom. The molecule has 2 aromatic carbocycles. The van der Waals surface area contributed by atoms with Gasteiger partial charge in [0, 0.05) is 30.1 Å². The number of rotatable bonds is 3. The van der Waals surface area contributed by atoms with Crippen molar-refractivity contribution in [3.8, 4) is 0 Å². The molecule has 0 fully saturated rings. The molecule has 20 heavy (non-hydrogen) atoms. The molecule has 0 amide bonds. The molecule has 0 spiro atoms. The van der Waals surface area contributed by atoms with Crippen LogP contribution in [0.4, 0.5) is 0 Å². The SMILES string of the molecule is Cc1ccc(C(CN)N2Cc3ccccc3C2)cc1Br. The Bertz CT molecular complexity index is 599. The van der Waals surface area contributed by atoms with Crippen molar-refractivity contribution < 1.29 is 0 Å². The minimum atomic E-state index is 0.277. The molecule has 1 aliphatic rings. The third-order valence-corrected chi connectivity index (χ3v) is 4.96. The van der Waals surface area contributed by atoms with Gasteiger partial charge in [0.05, 0.1) is 0 Å². The lowest BCUT2D eigenvalue weighted by molar-refractivity contribution is 0.205. The Kier molecular flexibility index (Phi) is 3.92. The maximum absolute atomic E-state index is 6.05. The molecule has 0 aromatic heterocycles. The van der Waals surface area contributed by atoms with Crippen molar-refractivity contribution in [2.75, 3.05) is 6.54 Å². The van der Waals surface area contributed by atoms with Crippen LogP contribution in [0.1, 0.15) is 28.3 Å². The summed E-state index contributed by atoms with van der Waals surface area (Å²) in [4.78, 5) is 2.46. The second-order valence-electron chi connectivity index (χ2n) is 5.43. The molecule has 0 aliphatic carbocycles. The molecule has 2 aromatic rings. The van der Waals surface area contributed by atoms with Gasteiger partial charge in [0.15, 0.2) is 0 Å². The second kappa shape index (κ2) is 5.68. The third-order valence-electron chi connectivity index (χ3n) is 4.11. The maximum atomic E-state index is 6.05. The Balaban J connectivity index is 1.87. The minimum Gasteiger partial charge on any atom is -0.329 e. The fourth-order valence-corrected chi connectivity index (χ4v) is 3.29. The highest BCUT2D eigenvalue weighted by atomic mass is 79.9. The molecule has 0 saturated carbocycles. The lowest BCUT2D eigenvalue weighted by Crippen LogP contribution is -2.29. The fourth-order valence-electron chi connectivity index (χ4n) is 2.89. The van der Waals surface area contributed by atoms with Gasteiger partial charge >= 0.3 is 0 Å². The Labute approximate surface area is 128 Å². The number of aryl methyl sites for hydroxylation is 1. The van der Waals surface area contributed by atoms with Gasteiger partial charge in [-0.1, -0.05) is 52.3 Å². The van der Waals surface area contributed by atoms with E-state index in [9.17, 15) is 0 Å². The van der Waals surface area contributed by atoms with Gasteiger partial charge in [0.25, 0.3) is 0 Å². The second-order valence-corrected chi connectivity index (χ2v) is 6.29. The van der Waals surface area contributed by atoms with E-state index in [-0.39, 0.29) is 6.04 Å². The van der Waals surface area contributed by atoms with Crippen LogP contribution in [-0.4, -0.2) is 11.4 Å². The molecule has 1 heterocycles. The average molecular weight is 331 g/mol. The lowest BCUT2D eigenvalue weighted by Gasteiger charge is -2.27. The predicted octanol–water partition coefficient (Wildman–Crippen LogP) is 3.77. The van der Waals surface area contributed by atoms with Crippen LogP contribution in [0.3, 0.4) is 0 Å². The molecule has 0 radical (unpaired) electrons. The van der Waals surface area contributed by atoms with Gasteiger partial charge in [-0.15, -0.1) is 0 Å². The number of nitrogens with zero attached hydrogens (tertiary/aromatic N) is 1. The summed E-state index contributed by atoms with van der Waals surface area (Å²) in [5.74, 6) is 0. The number of halogens is 1. The molecule has 1 unspecified atom stereocenters. The van der Waals surface area contributed by atoms with Gasteiger partial charge in [-0.3, -0.25) is 4.90 Å². The molecule has 0 saturated heterocycles. The first kappa shape index (κ1) is 13.8. The van der Waals surface area contributed by atoms with E-state index in [1.54, 1.807) is 0 Å². The highest BCUT2D eigenvalue weighted by Crippen LogP contribution is 2.32. The first-order valence-electron chi connectivity index (χ1n) is 6.96. The summed E-state index contributed by atoms with van der Waals surface area (Å²) in [6.07, 6.45) is 0. The van der Waals surface area contributed by atoms with Crippen LogP contribution >= 0.6 is 15.9 Å². The standard InChI is InChI=1S/C17H19BrN2/c1-12-6-7-13(8-16(12)18)17(9-19)20-10-14-4-2-3-5-15(14)11-20/h2-8,17H,9-11,19H2,1H3. The van der Waals surface area contributed by atoms with Gasteiger partial charge in [-0.2, -0.15) is 0 Å². The zero-order valence-corrected chi connectivity index (χ0v) is 13.2. The molecule has 2 nitrogen and oxygen atoms in total. The van der Waals surface area contributed by atoms with E-state index >= 15 is 0 Å². The molecular formula is C17H19BrN2. The van der Waals surface area contributed by atoms with Gasteiger partial charge in [0.1, 0.15) is 0 Å². The van der Waals surface area contributed by atoms with E-state index in [1.165, 1.54) is 22.3 Å². The van der Waals surface area contributed by atoms with Crippen LogP contribution in [0.5, 0.6) is 0 Å². The third kappa shape index (κ3) is 2.53. The number of hydrogen-bond donors (Lipinski definition) is 1. The Morgan fingerprint density at radius 3 is 2.35 bits per heavy atom. The Hall–Kier alpha value is -1.16. The van der Waals surface area contributed by atoms with Gasteiger partial charge in [0.2, 0.25) is 0 Å². The number of hydrogen-bond acceptors (Lipinski definition) is 2. The fraction of sp³-hybridized carbons (Fsp3) is 0.294. The summed E-state index contributed by atoms with van der Waals surface area (Å²) in [5.41, 5.74) is 11.5. The van der Waals surface area contributed by atoms with Crippen molar-refractivity contribution in [1.82, 2.24) is 4.90 Å². The molecule has 3 rings (SSSR count). The highest BCUT2D eigenvalue weighted by molar-refractivity contribution is 9.10. The van der Waals surface area contributed by atoms with Crippen LogP contribution in [-0.2, 0) is 13.1 Å². The average Bonchev–Trinajstić information content (AvgIpc) is 2.87. The number of benzene rings is 2. The van der Waals surface area contributed by atoms with E-state index < -0.39 is 0 Å². The van der Waals surface area contributed by atoms with Crippen molar-refractivity contribution in [2.45, 2.75) is 26.1 Å². The van der Waals surface area contributed by atoms with Crippen LogP contribution < -0.4 is 5.73 Å². The van der Waals surface area contributed by atoms with E-state index in [1.807, 2.05) is 0 Å². The smallest absolute Gasteiger partial charge is 0.0477 e. The summed E-state index contributed by atoms with van der Waals surface area (Å²) in [6, 6.07) is 15.5. The van der Waals surface area contributed by atoms with Crippen LogP contribution in [0, 0.1) is 6.92 Å². The quantitative estimate of drug-likeness (QED) is 0.928. The Morgan fingerprint density at radius 2 is 1.80 bits per heavy atom. The van der Waals surface area contributed by atoms with Crippen molar-refractivity contribution in [2.24, 2.45) is 5.73 Å². The largest absolute Gasteiger partial charge is 0.329 e. The first-order valence-corrected chi connectivity index (χ1v) is 7.75. The van der Waals surface area contributed by atoms with Crippen molar-refractivity contribution >= 4 is 15.9 Å². The molecule has 3 heteroatoms. The summed E-state index contributed by atoms with van der Waals surface area (Å²) >= 11 is 3.62. The molecule has 2 N–H and O–H groups in total. The number of fused-ring (bicyclic) bond motifs is 1. The van der Waals surface area contributed by atoms with E-state index in [2.05, 4.69) is 70.2 Å². The van der Waals surface area contributed by atoms with Crippen molar-refractivity contribution in [3.05, 3.63) is 69.2 Å². The van der Waals surface area contributed by atoms with E-state index in [0.29, 0.717) is 6.54 Å². The molecular weight excluding hydrogens is 312 g/mol. The minimum absolute atomic E-state index is 0.277. The van der Waals surface area contributed by atoms with Crippen molar-refractivity contribution in [1.29, 1.82) is 0 Å². The summed E-state index contributed by atoms with van der Waals surface area (Å²) in [6.45, 7) is 4.73. The first-order chi connectivity index (χ1) is 9.69. The van der Waals surface area contributed by atoms with Crippen LogP contribution in [0.15, 0.2) is 46.9 Å². The molecule has 1 aliphatic heterocycles. The van der Waals surface area contributed by atoms with Gasteiger partial charge in [-0.25, -0.2) is 0 Å². The zero-order chi connectivity index (χ0) is 14.1. The zero-order valence-electron chi connectivity index (χ0n) is 11.6. The normalized spacial score (nSPS) is 16.1. The monoisotopic (exact) mass is 330 g/mol. The van der Waals surface area contributed by atoms with E-state index in [4.69, 9.17) is 5.73 Å². The van der Waals surface area contributed by atoms with Crippen LogP contribution in [0.25, 0.3) is 0 Å². The van der Waals surface area contributed by atoms with E-state index in [0.717, 1.165) is 17.6 Å². The molecule has 0 bridgehead atoms. The van der Waals surface area contributed by atoms with Crippen LogP contribution in [0.2, 0.25) is 0 Å². The number of nitrogens with two attached hydrogens (primary N) is 1. The maximum Gasteiger partial charge on any atom is 0.0477 e. The summed E-state index contributed by atoms with van der Waals surface area (Å²) in [7, 11) is 0. The topological polar surface area (TPSA) is 29.3 Å². The van der Waals surface area contributed by atoms with Gasteiger partial charge in [-0.05, 0) is 35.2 Å². The highest BCUT2D eigenvalue weighted by Gasteiger charge is 2.25. The van der Waals surface area contributed by atoms with Gasteiger partial charge < -0.3 is 5.73 Å². The predicted molar refractivity (Wildman–Crippen MR) is 86.4 cm³/mol. The van der Waals surface area contributed by atoms with Crippen molar-refractivity contribution in [3.63, 3.8) is 0 Å². The lowest BCUT2D eigenvalue weighted by atomic mass is 10.0. The summed E-state index contributed by atoms with van der Waals surface area (Å²) in [5, 5.41) is 0.